The molecule has 0 saturated heterocycles. The third kappa shape index (κ3) is 6.05. The third-order valence-corrected chi connectivity index (χ3v) is 2.41. The standard InChI is InChI=1S/C15H21NO/c1-3-4-11-17-12-10-16-13-14(2)15-8-6-5-7-9-15/h3,5-9,16H,1-2,4,10-13H2. The van der Waals surface area contributed by atoms with Crippen LogP contribution in [0.3, 0.4) is 0 Å². The zero-order valence-corrected chi connectivity index (χ0v) is 10.3. The fraction of sp³-hybridized carbons (Fsp3) is 0.333. The number of rotatable bonds is 9. The molecule has 1 aromatic rings. The van der Waals surface area contributed by atoms with Crippen LogP contribution in [0, 0.1) is 0 Å². The largest absolute Gasteiger partial charge is 0.380 e. The molecule has 0 aliphatic rings. The molecular weight excluding hydrogens is 210 g/mol. The lowest BCUT2D eigenvalue weighted by Gasteiger charge is -2.08. The summed E-state index contributed by atoms with van der Waals surface area (Å²) in [7, 11) is 0. The lowest BCUT2D eigenvalue weighted by atomic mass is 10.1. The van der Waals surface area contributed by atoms with Crippen molar-refractivity contribution in [1.82, 2.24) is 5.32 Å². The molecule has 1 N–H and O–H groups in total. The van der Waals surface area contributed by atoms with Gasteiger partial charge >= 0.3 is 0 Å². The second-order valence-electron chi connectivity index (χ2n) is 3.84. The van der Waals surface area contributed by atoms with Crippen LogP contribution in [0.25, 0.3) is 5.57 Å². The van der Waals surface area contributed by atoms with Gasteiger partial charge in [0.25, 0.3) is 0 Å². The van der Waals surface area contributed by atoms with Gasteiger partial charge in [0.1, 0.15) is 0 Å². The van der Waals surface area contributed by atoms with Gasteiger partial charge in [-0.15, -0.1) is 6.58 Å². The van der Waals surface area contributed by atoms with Gasteiger partial charge in [-0.05, 0) is 17.6 Å². The van der Waals surface area contributed by atoms with Crippen molar-refractivity contribution in [2.75, 3.05) is 26.3 Å². The van der Waals surface area contributed by atoms with Crippen LogP contribution in [-0.2, 0) is 4.74 Å². The average molecular weight is 231 g/mol. The van der Waals surface area contributed by atoms with E-state index in [-0.39, 0.29) is 0 Å². The minimum absolute atomic E-state index is 0.732. The predicted octanol–water partition coefficient (Wildman–Crippen LogP) is 2.88. The van der Waals surface area contributed by atoms with Crippen LogP contribution in [0.5, 0.6) is 0 Å². The maximum absolute atomic E-state index is 5.40. The first-order valence-corrected chi connectivity index (χ1v) is 5.97. The normalized spacial score (nSPS) is 10.1. The first-order valence-electron chi connectivity index (χ1n) is 5.97. The van der Waals surface area contributed by atoms with Crippen LogP contribution in [0.1, 0.15) is 12.0 Å². The Kier molecular flexibility index (Phi) is 7.03. The minimum Gasteiger partial charge on any atom is -0.380 e. The summed E-state index contributed by atoms with van der Waals surface area (Å²) in [4.78, 5) is 0. The van der Waals surface area contributed by atoms with E-state index in [2.05, 4.69) is 30.6 Å². The van der Waals surface area contributed by atoms with Crippen molar-refractivity contribution in [3.63, 3.8) is 0 Å². The quantitative estimate of drug-likeness (QED) is 0.521. The van der Waals surface area contributed by atoms with Gasteiger partial charge < -0.3 is 10.1 Å². The first kappa shape index (κ1) is 13.7. The van der Waals surface area contributed by atoms with Gasteiger partial charge in [0.2, 0.25) is 0 Å². The Morgan fingerprint density at radius 2 is 2.00 bits per heavy atom. The lowest BCUT2D eigenvalue weighted by Crippen LogP contribution is -2.21. The smallest absolute Gasteiger partial charge is 0.0591 e. The summed E-state index contributed by atoms with van der Waals surface area (Å²) in [5.74, 6) is 0. The molecule has 2 heteroatoms. The van der Waals surface area contributed by atoms with Gasteiger partial charge in [-0.25, -0.2) is 0 Å². The Morgan fingerprint density at radius 3 is 2.71 bits per heavy atom. The molecule has 0 saturated carbocycles. The molecule has 0 unspecified atom stereocenters. The fourth-order valence-electron chi connectivity index (χ4n) is 1.43. The second-order valence-corrected chi connectivity index (χ2v) is 3.84. The molecule has 0 aromatic heterocycles. The van der Waals surface area contributed by atoms with Crippen molar-refractivity contribution in [3.05, 3.63) is 55.1 Å². The Balaban J connectivity index is 2.07. The van der Waals surface area contributed by atoms with Crippen LogP contribution in [0.2, 0.25) is 0 Å². The summed E-state index contributed by atoms with van der Waals surface area (Å²) in [6.45, 7) is 10.8. The topological polar surface area (TPSA) is 21.3 Å². The summed E-state index contributed by atoms with van der Waals surface area (Å²) < 4.78 is 5.40. The van der Waals surface area contributed by atoms with E-state index in [9.17, 15) is 0 Å². The number of ether oxygens (including phenoxy) is 1. The van der Waals surface area contributed by atoms with Crippen LogP contribution in [0.4, 0.5) is 0 Å². The van der Waals surface area contributed by atoms with E-state index >= 15 is 0 Å². The Bertz CT molecular complexity index is 332. The molecule has 17 heavy (non-hydrogen) atoms. The molecule has 0 heterocycles. The molecule has 0 amide bonds. The first-order chi connectivity index (χ1) is 8.34. The maximum atomic E-state index is 5.40. The van der Waals surface area contributed by atoms with Crippen molar-refractivity contribution in [2.24, 2.45) is 0 Å². The third-order valence-electron chi connectivity index (χ3n) is 2.41. The minimum atomic E-state index is 0.732. The van der Waals surface area contributed by atoms with Crippen molar-refractivity contribution in [3.8, 4) is 0 Å². The van der Waals surface area contributed by atoms with E-state index in [1.54, 1.807) is 0 Å². The van der Waals surface area contributed by atoms with Crippen LogP contribution >= 0.6 is 0 Å². The van der Waals surface area contributed by atoms with Crippen LogP contribution in [0.15, 0.2) is 49.6 Å². The summed E-state index contributed by atoms with van der Waals surface area (Å²) in [5.41, 5.74) is 2.30. The molecule has 1 rings (SSSR count). The highest BCUT2D eigenvalue weighted by molar-refractivity contribution is 5.64. The molecule has 0 aliphatic carbocycles. The molecule has 1 aromatic carbocycles. The highest BCUT2D eigenvalue weighted by Gasteiger charge is 1.96. The Hall–Kier alpha value is -1.38. The summed E-state index contributed by atoms with van der Waals surface area (Å²) >= 11 is 0. The van der Waals surface area contributed by atoms with Crippen molar-refractivity contribution in [1.29, 1.82) is 0 Å². The fourth-order valence-corrected chi connectivity index (χ4v) is 1.43. The van der Waals surface area contributed by atoms with Gasteiger partial charge in [0.05, 0.1) is 13.2 Å². The van der Waals surface area contributed by atoms with E-state index in [1.807, 2.05) is 24.3 Å². The maximum Gasteiger partial charge on any atom is 0.0591 e. The van der Waals surface area contributed by atoms with E-state index < -0.39 is 0 Å². The van der Waals surface area contributed by atoms with Crippen molar-refractivity contribution >= 4 is 5.57 Å². The summed E-state index contributed by atoms with van der Waals surface area (Å²) in [6, 6.07) is 10.2. The van der Waals surface area contributed by atoms with E-state index in [0.717, 1.165) is 38.3 Å². The van der Waals surface area contributed by atoms with E-state index in [4.69, 9.17) is 4.74 Å². The van der Waals surface area contributed by atoms with Crippen molar-refractivity contribution in [2.45, 2.75) is 6.42 Å². The monoisotopic (exact) mass is 231 g/mol. The summed E-state index contributed by atoms with van der Waals surface area (Å²) in [6.07, 6.45) is 2.78. The Labute approximate surface area is 104 Å². The van der Waals surface area contributed by atoms with E-state index in [0.29, 0.717) is 0 Å². The molecule has 2 nitrogen and oxygen atoms in total. The van der Waals surface area contributed by atoms with Gasteiger partial charge in [0.15, 0.2) is 0 Å². The molecule has 0 aliphatic heterocycles. The number of hydrogen-bond acceptors (Lipinski definition) is 2. The highest BCUT2D eigenvalue weighted by Crippen LogP contribution is 2.09. The molecule has 0 spiro atoms. The number of nitrogens with one attached hydrogen (secondary N) is 1. The molecule has 0 bridgehead atoms. The zero-order valence-electron chi connectivity index (χ0n) is 10.3. The lowest BCUT2D eigenvalue weighted by molar-refractivity contribution is 0.141. The SMILES string of the molecule is C=CCCOCCNCC(=C)c1ccccc1. The predicted molar refractivity (Wildman–Crippen MR) is 74.0 cm³/mol. The van der Waals surface area contributed by atoms with Gasteiger partial charge in [-0.3, -0.25) is 0 Å². The Morgan fingerprint density at radius 1 is 1.24 bits per heavy atom. The average Bonchev–Trinajstić information content (AvgIpc) is 2.38. The molecule has 0 radical (unpaired) electrons. The van der Waals surface area contributed by atoms with Crippen molar-refractivity contribution < 1.29 is 4.74 Å². The molecular formula is C15H21NO. The van der Waals surface area contributed by atoms with Crippen LogP contribution in [-0.4, -0.2) is 26.3 Å². The zero-order chi connectivity index (χ0) is 12.3. The van der Waals surface area contributed by atoms with Gasteiger partial charge in [-0.2, -0.15) is 0 Å². The number of benzene rings is 1. The van der Waals surface area contributed by atoms with Gasteiger partial charge in [0, 0.05) is 13.1 Å². The molecule has 0 fully saturated rings. The van der Waals surface area contributed by atoms with Gasteiger partial charge in [-0.1, -0.05) is 43.0 Å². The number of hydrogen-bond donors (Lipinski definition) is 1. The highest BCUT2D eigenvalue weighted by atomic mass is 16.5. The van der Waals surface area contributed by atoms with E-state index in [1.165, 1.54) is 5.56 Å². The summed E-state index contributed by atoms with van der Waals surface area (Å²) in [5, 5.41) is 3.31. The molecule has 92 valence electrons. The molecule has 0 atom stereocenters. The second kappa shape index (κ2) is 8.74. The van der Waals surface area contributed by atoms with Crippen LogP contribution < -0.4 is 5.32 Å².